The Labute approximate surface area is 97.8 Å². The van der Waals surface area contributed by atoms with E-state index in [1.54, 1.807) is 0 Å². The molecule has 2 aliphatic rings. The third kappa shape index (κ3) is 12.6. The first-order chi connectivity index (χ1) is 5.00. The molecule has 0 amide bonds. The smallest absolute Gasteiger partial charge is 0.358 e. The SMILES string of the molecule is C1CCCC1.C1CCCC1.[CH3-].[CH3-].[V+2]. The van der Waals surface area contributed by atoms with Gasteiger partial charge in [-0.1, -0.05) is 64.2 Å². The quantitative estimate of drug-likeness (QED) is 0.515. The molecule has 0 unspecified atom stereocenters. The van der Waals surface area contributed by atoms with Gasteiger partial charge in [-0.15, -0.1) is 0 Å². The maximum absolute atomic E-state index is 1.50. The molecule has 0 saturated heterocycles. The average molecular weight is 221 g/mol. The van der Waals surface area contributed by atoms with Crippen molar-refractivity contribution >= 4 is 0 Å². The van der Waals surface area contributed by atoms with Crippen LogP contribution in [0.15, 0.2) is 0 Å². The molecule has 0 heterocycles. The van der Waals surface area contributed by atoms with Crippen LogP contribution in [-0.2, 0) is 18.6 Å². The van der Waals surface area contributed by atoms with E-state index < -0.39 is 0 Å². The van der Waals surface area contributed by atoms with E-state index >= 15 is 0 Å². The van der Waals surface area contributed by atoms with Crippen molar-refractivity contribution in [2.75, 3.05) is 0 Å². The van der Waals surface area contributed by atoms with Crippen LogP contribution in [0.3, 0.4) is 0 Å². The summed E-state index contributed by atoms with van der Waals surface area (Å²) in [6.07, 6.45) is 15.0. The molecule has 0 aromatic rings. The summed E-state index contributed by atoms with van der Waals surface area (Å²) in [7, 11) is 0. The van der Waals surface area contributed by atoms with Crippen molar-refractivity contribution in [3.8, 4) is 0 Å². The van der Waals surface area contributed by atoms with Gasteiger partial charge in [0.05, 0.1) is 0 Å². The minimum Gasteiger partial charge on any atom is -0.358 e. The van der Waals surface area contributed by atoms with Gasteiger partial charge in [0.25, 0.3) is 0 Å². The fourth-order valence-electron chi connectivity index (χ4n) is 1.77. The van der Waals surface area contributed by atoms with Crippen LogP contribution in [-0.4, -0.2) is 0 Å². The normalized spacial score (nSPS) is 18.5. The van der Waals surface area contributed by atoms with Gasteiger partial charge in [0.15, 0.2) is 0 Å². The van der Waals surface area contributed by atoms with E-state index in [0.29, 0.717) is 0 Å². The molecule has 0 bridgehead atoms. The predicted octanol–water partition coefficient (Wildman–Crippen LogP) is 4.80. The average Bonchev–Trinajstić information content (AvgIpc) is 2.67. The van der Waals surface area contributed by atoms with Gasteiger partial charge in [-0.2, -0.15) is 0 Å². The van der Waals surface area contributed by atoms with Gasteiger partial charge in [-0.25, -0.2) is 0 Å². The maximum atomic E-state index is 1.50. The third-order valence-electron chi connectivity index (χ3n) is 2.50. The second-order valence-electron chi connectivity index (χ2n) is 3.54. The summed E-state index contributed by atoms with van der Waals surface area (Å²) in [6, 6.07) is 0. The molecule has 0 aromatic heterocycles. The Balaban J connectivity index is -0.000000125. The molecule has 2 aliphatic carbocycles. The molecule has 0 N–H and O–H groups in total. The maximum Gasteiger partial charge on any atom is 2.00 e. The summed E-state index contributed by atoms with van der Waals surface area (Å²) in [6.45, 7) is 0. The van der Waals surface area contributed by atoms with E-state index in [9.17, 15) is 0 Å². The third-order valence-corrected chi connectivity index (χ3v) is 2.50. The van der Waals surface area contributed by atoms with Gasteiger partial charge < -0.3 is 14.9 Å². The molecule has 0 aromatic carbocycles. The van der Waals surface area contributed by atoms with Crippen LogP contribution in [0, 0.1) is 14.9 Å². The van der Waals surface area contributed by atoms with E-state index in [1.165, 1.54) is 64.2 Å². The molecule has 2 rings (SSSR count). The molecule has 1 radical (unpaired) electrons. The number of rotatable bonds is 0. The molecule has 0 atom stereocenters. The summed E-state index contributed by atoms with van der Waals surface area (Å²) in [5.74, 6) is 0. The van der Waals surface area contributed by atoms with Gasteiger partial charge in [-0.05, 0) is 0 Å². The summed E-state index contributed by atoms with van der Waals surface area (Å²) in [5.41, 5.74) is 0. The van der Waals surface area contributed by atoms with Crippen LogP contribution in [0.5, 0.6) is 0 Å². The summed E-state index contributed by atoms with van der Waals surface area (Å²) < 4.78 is 0. The molecule has 0 spiro atoms. The van der Waals surface area contributed by atoms with Crippen molar-refractivity contribution in [2.45, 2.75) is 64.2 Å². The van der Waals surface area contributed by atoms with Gasteiger partial charge in [0.2, 0.25) is 0 Å². The topological polar surface area (TPSA) is 0 Å². The molecule has 0 aliphatic heterocycles. The molecule has 2 fully saturated rings. The molecular weight excluding hydrogens is 195 g/mol. The molecule has 0 nitrogen and oxygen atoms in total. The second kappa shape index (κ2) is 15.1. The Kier molecular flexibility index (Phi) is 22.3. The van der Waals surface area contributed by atoms with Gasteiger partial charge in [0, 0.05) is 0 Å². The Bertz CT molecular complexity index is 38.3. The second-order valence-corrected chi connectivity index (χ2v) is 3.54. The van der Waals surface area contributed by atoms with Crippen molar-refractivity contribution in [3.05, 3.63) is 14.9 Å². The van der Waals surface area contributed by atoms with Crippen LogP contribution in [0.1, 0.15) is 64.2 Å². The van der Waals surface area contributed by atoms with Crippen LogP contribution in [0.25, 0.3) is 0 Å². The fourth-order valence-corrected chi connectivity index (χ4v) is 1.77. The minimum atomic E-state index is 0. The van der Waals surface area contributed by atoms with E-state index in [2.05, 4.69) is 0 Å². The Morgan fingerprint density at radius 2 is 0.385 bits per heavy atom. The Morgan fingerprint density at radius 1 is 0.308 bits per heavy atom. The minimum absolute atomic E-state index is 0. The van der Waals surface area contributed by atoms with Crippen LogP contribution in [0.2, 0.25) is 0 Å². The molecule has 79 valence electrons. The number of hydrogen-bond donors (Lipinski definition) is 0. The summed E-state index contributed by atoms with van der Waals surface area (Å²) in [5, 5.41) is 0. The summed E-state index contributed by atoms with van der Waals surface area (Å²) in [4.78, 5) is 0. The monoisotopic (exact) mass is 221 g/mol. The van der Waals surface area contributed by atoms with Crippen molar-refractivity contribution in [3.63, 3.8) is 0 Å². The largest absolute Gasteiger partial charge is 2.00 e. The molecule has 2 saturated carbocycles. The zero-order chi connectivity index (χ0) is 7.07. The van der Waals surface area contributed by atoms with E-state index in [-0.39, 0.29) is 33.4 Å². The first kappa shape index (κ1) is 19.2. The van der Waals surface area contributed by atoms with Crippen LogP contribution < -0.4 is 0 Å². The van der Waals surface area contributed by atoms with Gasteiger partial charge in [0.1, 0.15) is 0 Å². The molecule has 13 heavy (non-hydrogen) atoms. The number of hydrogen-bond acceptors (Lipinski definition) is 0. The van der Waals surface area contributed by atoms with E-state index in [0.717, 1.165) is 0 Å². The summed E-state index contributed by atoms with van der Waals surface area (Å²) >= 11 is 0. The van der Waals surface area contributed by atoms with Gasteiger partial charge >= 0.3 is 18.6 Å². The van der Waals surface area contributed by atoms with Crippen molar-refractivity contribution in [1.29, 1.82) is 0 Å². The van der Waals surface area contributed by atoms with Crippen LogP contribution in [0.4, 0.5) is 0 Å². The Hall–Kier alpha value is 0.584. The predicted molar refractivity (Wildman–Crippen MR) is 59.0 cm³/mol. The zero-order valence-corrected chi connectivity index (χ0v) is 10.9. The fraction of sp³-hybridized carbons (Fsp3) is 0.833. The van der Waals surface area contributed by atoms with E-state index in [1.807, 2.05) is 0 Å². The van der Waals surface area contributed by atoms with Crippen molar-refractivity contribution in [2.24, 2.45) is 0 Å². The molecule has 1 heteroatoms. The standard InChI is InChI=1S/2C5H10.2CH3.V/c2*1-2-4-5-3-1;;;/h2*1-5H2;2*1H3;/q;;2*-1;+2. The van der Waals surface area contributed by atoms with Gasteiger partial charge in [-0.3, -0.25) is 0 Å². The Morgan fingerprint density at radius 3 is 0.462 bits per heavy atom. The first-order valence-electron chi connectivity index (χ1n) is 5.00. The zero-order valence-electron chi connectivity index (χ0n) is 9.52. The van der Waals surface area contributed by atoms with Crippen molar-refractivity contribution in [1.82, 2.24) is 0 Å². The first-order valence-corrected chi connectivity index (χ1v) is 5.00. The van der Waals surface area contributed by atoms with Crippen molar-refractivity contribution < 1.29 is 18.6 Å². The molecular formula is C12H26V. The van der Waals surface area contributed by atoms with E-state index in [4.69, 9.17) is 0 Å². The van der Waals surface area contributed by atoms with Crippen LogP contribution >= 0.6 is 0 Å².